The number of thioether (sulfide) groups is 1. The topological polar surface area (TPSA) is 49.3 Å². The van der Waals surface area contributed by atoms with Crippen LogP contribution in [0, 0.1) is 0 Å². The number of aliphatic hydroxyl groups is 1. The molecule has 0 atom stereocenters. The van der Waals surface area contributed by atoms with Crippen LogP contribution in [0.3, 0.4) is 0 Å². The summed E-state index contributed by atoms with van der Waals surface area (Å²) >= 11 is 3.01. The van der Waals surface area contributed by atoms with Crippen molar-refractivity contribution in [3.05, 3.63) is 16.3 Å². The minimum Gasteiger partial charge on any atom is -0.388 e. The number of nitrogens with one attached hydrogen (secondary N) is 1. The Kier molecular flexibility index (Phi) is 3.56. The van der Waals surface area contributed by atoms with E-state index in [1.165, 1.54) is 11.3 Å². The molecule has 0 unspecified atom stereocenters. The van der Waals surface area contributed by atoms with Crippen LogP contribution in [0.25, 0.3) is 0 Å². The van der Waals surface area contributed by atoms with Gasteiger partial charge in [0.05, 0.1) is 5.60 Å². The van der Waals surface area contributed by atoms with E-state index in [2.05, 4.69) is 5.32 Å². The van der Waals surface area contributed by atoms with E-state index in [9.17, 15) is 9.90 Å². The largest absolute Gasteiger partial charge is 0.388 e. The van der Waals surface area contributed by atoms with E-state index >= 15 is 0 Å². The number of hydrogen-bond acceptors (Lipinski definition) is 4. The monoisotopic (exact) mass is 257 g/mol. The molecule has 0 radical (unpaired) electrons. The van der Waals surface area contributed by atoms with Gasteiger partial charge in [-0.1, -0.05) is 0 Å². The SMILES string of the molecule is CSc1ccsc1C(=O)NCC1(O)CCC1. The third-order valence-electron chi connectivity index (χ3n) is 2.92. The number of rotatable bonds is 4. The van der Waals surface area contributed by atoms with Crippen LogP contribution in [-0.4, -0.2) is 29.4 Å². The first-order valence-electron chi connectivity index (χ1n) is 5.27. The van der Waals surface area contributed by atoms with E-state index in [4.69, 9.17) is 0 Å². The highest BCUT2D eigenvalue weighted by Gasteiger charge is 2.34. The Bertz CT molecular complexity index is 385. The van der Waals surface area contributed by atoms with Gasteiger partial charge in [-0.05, 0) is 37.0 Å². The van der Waals surface area contributed by atoms with Crippen molar-refractivity contribution >= 4 is 29.0 Å². The van der Waals surface area contributed by atoms with Gasteiger partial charge in [0.15, 0.2) is 0 Å². The predicted octanol–water partition coefficient (Wildman–Crippen LogP) is 2.11. The Morgan fingerprint density at radius 3 is 3.00 bits per heavy atom. The molecule has 1 amide bonds. The Morgan fingerprint density at radius 1 is 1.69 bits per heavy atom. The van der Waals surface area contributed by atoms with Gasteiger partial charge in [-0.25, -0.2) is 0 Å². The highest BCUT2D eigenvalue weighted by Crippen LogP contribution is 2.31. The van der Waals surface area contributed by atoms with Crippen molar-refractivity contribution in [3.8, 4) is 0 Å². The lowest BCUT2D eigenvalue weighted by atomic mass is 9.80. The first-order chi connectivity index (χ1) is 7.64. The van der Waals surface area contributed by atoms with Crippen LogP contribution in [0.4, 0.5) is 0 Å². The summed E-state index contributed by atoms with van der Waals surface area (Å²) in [4.78, 5) is 13.6. The van der Waals surface area contributed by atoms with Gasteiger partial charge in [-0.3, -0.25) is 4.79 Å². The van der Waals surface area contributed by atoms with Gasteiger partial charge in [0.1, 0.15) is 4.88 Å². The second-order valence-electron chi connectivity index (χ2n) is 4.08. The van der Waals surface area contributed by atoms with Crippen LogP contribution in [0.2, 0.25) is 0 Å². The summed E-state index contributed by atoms with van der Waals surface area (Å²) in [7, 11) is 0. The van der Waals surface area contributed by atoms with Crippen molar-refractivity contribution in [3.63, 3.8) is 0 Å². The van der Waals surface area contributed by atoms with Crippen LogP contribution in [-0.2, 0) is 0 Å². The average molecular weight is 257 g/mol. The fourth-order valence-electron chi connectivity index (χ4n) is 1.71. The van der Waals surface area contributed by atoms with Gasteiger partial charge >= 0.3 is 0 Å². The van der Waals surface area contributed by atoms with Gasteiger partial charge in [0, 0.05) is 11.4 Å². The standard InChI is InChI=1S/C11H15NO2S2/c1-15-8-3-6-16-9(8)10(13)12-7-11(14)4-2-5-11/h3,6,14H,2,4-5,7H2,1H3,(H,12,13). The molecule has 5 heteroatoms. The Labute approximate surface area is 103 Å². The quantitative estimate of drug-likeness (QED) is 0.812. The summed E-state index contributed by atoms with van der Waals surface area (Å²) in [6, 6.07) is 1.95. The molecule has 2 N–H and O–H groups in total. The number of carbonyl (C=O) groups is 1. The smallest absolute Gasteiger partial charge is 0.262 e. The summed E-state index contributed by atoms with van der Waals surface area (Å²) in [6.07, 6.45) is 4.61. The molecule has 1 aliphatic rings. The Morgan fingerprint density at radius 2 is 2.44 bits per heavy atom. The predicted molar refractivity (Wildman–Crippen MR) is 67.2 cm³/mol. The van der Waals surface area contributed by atoms with Crippen molar-refractivity contribution in [1.82, 2.24) is 5.32 Å². The first kappa shape index (κ1) is 12.0. The molecule has 3 nitrogen and oxygen atoms in total. The minimum atomic E-state index is -0.646. The van der Waals surface area contributed by atoms with Crippen molar-refractivity contribution in [2.75, 3.05) is 12.8 Å². The molecule has 1 aliphatic carbocycles. The highest BCUT2D eigenvalue weighted by atomic mass is 32.2. The van der Waals surface area contributed by atoms with Crippen LogP contribution < -0.4 is 5.32 Å². The van der Waals surface area contributed by atoms with Crippen molar-refractivity contribution < 1.29 is 9.90 Å². The van der Waals surface area contributed by atoms with Crippen LogP contribution in [0.5, 0.6) is 0 Å². The lowest BCUT2D eigenvalue weighted by Crippen LogP contribution is -2.47. The highest BCUT2D eigenvalue weighted by molar-refractivity contribution is 7.98. The van der Waals surface area contributed by atoms with Gasteiger partial charge in [0.25, 0.3) is 5.91 Å². The Hall–Kier alpha value is -0.520. The molecule has 0 aliphatic heterocycles. The maximum absolute atomic E-state index is 11.8. The van der Waals surface area contributed by atoms with E-state index in [1.807, 2.05) is 17.7 Å². The van der Waals surface area contributed by atoms with Gasteiger partial charge in [0.2, 0.25) is 0 Å². The van der Waals surface area contributed by atoms with Crippen molar-refractivity contribution in [2.45, 2.75) is 29.8 Å². The normalized spacial score (nSPS) is 17.9. The molecule has 1 heterocycles. The second kappa shape index (κ2) is 4.77. The number of hydrogen-bond donors (Lipinski definition) is 2. The zero-order valence-corrected chi connectivity index (χ0v) is 10.8. The molecule has 1 fully saturated rings. The molecular formula is C11H15NO2S2. The first-order valence-corrected chi connectivity index (χ1v) is 7.37. The summed E-state index contributed by atoms with van der Waals surface area (Å²) < 4.78 is 0. The minimum absolute atomic E-state index is 0.0697. The summed E-state index contributed by atoms with van der Waals surface area (Å²) in [6.45, 7) is 0.373. The molecule has 88 valence electrons. The fourth-order valence-corrected chi connectivity index (χ4v) is 3.38. The summed E-state index contributed by atoms with van der Waals surface area (Å²) in [5.74, 6) is -0.0697. The van der Waals surface area contributed by atoms with Gasteiger partial charge in [-0.15, -0.1) is 23.1 Å². The third-order valence-corrected chi connectivity index (χ3v) is 4.74. The molecule has 0 spiro atoms. The number of thiophene rings is 1. The van der Waals surface area contributed by atoms with E-state index in [1.54, 1.807) is 11.8 Å². The fraction of sp³-hybridized carbons (Fsp3) is 0.545. The lowest BCUT2D eigenvalue weighted by Gasteiger charge is -2.36. The molecule has 0 bridgehead atoms. The van der Waals surface area contributed by atoms with Crippen LogP contribution in [0.1, 0.15) is 28.9 Å². The van der Waals surface area contributed by atoms with Crippen LogP contribution in [0.15, 0.2) is 16.3 Å². The van der Waals surface area contributed by atoms with E-state index in [0.29, 0.717) is 6.54 Å². The third kappa shape index (κ3) is 2.42. The average Bonchev–Trinajstić information content (AvgIpc) is 2.71. The van der Waals surface area contributed by atoms with Crippen LogP contribution >= 0.6 is 23.1 Å². The van der Waals surface area contributed by atoms with E-state index in [0.717, 1.165) is 29.0 Å². The van der Waals surface area contributed by atoms with Crippen molar-refractivity contribution in [1.29, 1.82) is 0 Å². The number of carbonyl (C=O) groups excluding carboxylic acids is 1. The second-order valence-corrected chi connectivity index (χ2v) is 5.84. The molecule has 1 saturated carbocycles. The molecule has 1 aromatic rings. The maximum Gasteiger partial charge on any atom is 0.262 e. The van der Waals surface area contributed by atoms with Crippen molar-refractivity contribution in [2.24, 2.45) is 0 Å². The molecule has 0 saturated heterocycles. The molecule has 0 aromatic carbocycles. The Balaban J connectivity index is 1.93. The van der Waals surface area contributed by atoms with E-state index < -0.39 is 5.60 Å². The van der Waals surface area contributed by atoms with E-state index in [-0.39, 0.29) is 5.91 Å². The maximum atomic E-state index is 11.8. The zero-order chi connectivity index (χ0) is 11.6. The number of amides is 1. The lowest BCUT2D eigenvalue weighted by molar-refractivity contribution is -0.0300. The van der Waals surface area contributed by atoms with Gasteiger partial charge in [-0.2, -0.15) is 0 Å². The molecule has 2 rings (SSSR count). The zero-order valence-electron chi connectivity index (χ0n) is 9.16. The van der Waals surface area contributed by atoms with Gasteiger partial charge < -0.3 is 10.4 Å². The molecule has 16 heavy (non-hydrogen) atoms. The summed E-state index contributed by atoms with van der Waals surface area (Å²) in [5, 5.41) is 14.6. The summed E-state index contributed by atoms with van der Waals surface area (Å²) in [5.41, 5.74) is -0.646. The molecule has 1 aromatic heterocycles. The molecular weight excluding hydrogens is 242 g/mol.